The van der Waals surface area contributed by atoms with Gasteiger partial charge in [0.2, 0.25) is 5.91 Å². The summed E-state index contributed by atoms with van der Waals surface area (Å²) in [6.07, 6.45) is 0. The topological polar surface area (TPSA) is 64.6 Å². The maximum absolute atomic E-state index is 11.4. The molecule has 1 aromatic rings. The lowest BCUT2D eigenvalue weighted by Crippen LogP contribution is -2.21. The highest BCUT2D eigenvalue weighted by molar-refractivity contribution is 5.91. The molecule has 17 heavy (non-hydrogen) atoms. The summed E-state index contributed by atoms with van der Waals surface area (Å²) in [5.74, 6) is -0.812. The maximum atomic E-state index is 11.4. The minimum Gasteiger partial charge on any atom is -0.467 e. The van der Waals surface area contributed by atoms with Crippen molar-refractivity contribution in [3.05, 3.63) is 29.8 Å². The molecule has 0 unspecified atom stereocenters. The van der Waals surface area contributed by atoms with Crippen LogP contribution in [0.1, 0.15) is 5.56 Å². The molecule has 1 aromatic carbocycles. The molecule has 92 valence electrons. The van der Waals surface area contributed by atoms with Gasteiger partial charge in [-0.05, 0) is 24.6 Å². The number of carbonyl (C=O) groups is 2. The van der Waals surface area contributed by atoms with Crippen LogP contribution < -0.4 is 5.32 Å². The number of methoxy groups -OCH3 is 1. The lowest BCUT2D eigenvalue weighted by atomic mass is 10.2. The molecule has 1 N–H and O–H groups in total. The number of nitrogens with one attached hydrogen (secondary N) is 1. The van der Waals surface area contributed by atoms with Gasteiger partial charge in [-0.15, -0.1) is 0 Å². The fourth-order valence-corrected chi connectivity index (χ4v) is 1.21. The fourth-order valence-electron chi connectivity index (χ4n) is 1.21. The molecule has 0 saturated heterocycles. The molecular formula is C12H15NO4. The third kappa shape index (κ3) is 5.12. The minimum absolute atomic E-state index is 0.178. The summed E-state index contributed by atoms with van der Waals surface area (Å²) >= 11 is 0. The van der Waals surface area contributed by atoms with Crippen molar-refractivity contribution in [2.45, 2.75) is 6.92 Å². The number of carbonyl (C=O) groups excluding carboxylic acids is 2. The van der Waals surface area contributed by atoms with Crippen molar-refractivity contribution in [2.75, 3.05) is 25.6 Å². The van der Waals surface area contributed by atoms with Gasteiger partial charge in [-0.1, -0.05) is 12.1 Å². The van der Waals surface area contributed by atoms with Crippen LogP contribution >= 0.6 is 0 Å². The van der Waals surface area contributed by atoms with Crippen molar-refractivity contribution in [1.29, 1.82) is 0 Å². The number of anilines is 1. The summed E-state index contributed by atoms with van der Waals surface area (Å²) in [6, 6.07) is 7.41. The van der Waals surface area contributed by atoms with Crippen LogP contribution in [-0.2, 0) is 19.1 Å². The van der Waals surface area contributed by atoms with Gasteiger partial charge in [-0.2, -0.15) is 0 Å². The Balaban J connectivity index is 2.32. The van der Waals surface area contributed by atoms with Crippen molar-refractivity contribution in [2.24, 2.45) is 0 Å². The molecule has 0 heterocycles. The highest BCUT2D eigenvalue weighted by Gasteiger charge is 2.05. The largest absolute Gasteiger partial charge is 0.467 e. The monoisotopic (exact) mass is 237 g/mol. The normalized spacial score (nSPS) is 9.76. The molecule has 0 aliphatic carbocycles. The van der Waals surface area contributed by atoms with Crippen molar-refractivity contribution in [3.63, 3.8) is 0 Å². The first-order valence-corrected chi connectivity index (χ1v) is 5.13. The van der Waals surface area contributed by atoms with E-state index in [0.717, 1.165) is 5.56 Å². The van der Waals surface area contributed by atoms with Gasteiger partial charge in [0.05, 0.1) is 7.11 Å². The molecule has 0 aromatic heterocycles. The molecule has 5 nitrogen and oxygen atoms in total. The first-order chi connectivity index (χ1) is 8.11. The highest BCUT2D eigenvalue weighted by atomic mass is 16.6. The Morgan fingerprint density at radius 1 is 1.29 bits per heavy atom. The van der Waals surface area contributed by atoms with Gasteiger partial charge in [0.15, 0.2) is 0 Å². The summed E-state index contributed by atoms with van der Waals surface area (Å²) in [4.78, 5) is 22.1. The summed E-state index contributed by atoms with van der Waals surface area (Å²) in [7, 11) is 1.26. The molecule has 0 bridgehead atoms. The van der Waals surface area contributed by atoms with Crippen molar-refractivity contribution < 1.29 is 19.1 Å². The van der Waals surface area contributed by atoms with Gasteiger partial charge < -0.3 is 14.8 Å². The average Bonchev–Trinajstić information content (AvgIpc) is 2.28. The van der Waals surface area contributed by atoms with Crippen molar-refractivity contribution >= 4 is 17.6 Å². The van der Waals surface area contributed by atoms with Gasteiger partial charge in [0.25, 0.3) is 0 Å². The predicted octanol–water partition coefficient (Wildman–Crippen LogP) is 1.12. The lowest BCUT2D eigenvalue weighted by molar-refractivity contribution is -0.146. The quantitative estimate of drug-likeness (QED) is 0.779. The Bertz CT molecular complexity index is 403. The van der Waals surface area contributed by atoms with E-state index in [9.17, 15) is 9.59 Å². The number of aryl methyl sites for hydroxylation is 1. The second kappa shape index (κ2) is 6.65. The molecule has 0 aliphatic heterocycles. The van der Waals surface area contributed by atoms with Crippen molar-refractivity contribution in [3.8, 4) is 0 Å². The second-order valence-corrected chi connectivity index (χ2v) is 3.49. The number of amides is 1. The number of hydrogen-bond donors (Lipinski definition) is 1. The zero-order valence-electron chi connectivity index (χ0n) is 9.86. The van der Waals surface area contributed by atoms with E-state index < -0.39 is 5.97 Å². The van der Waals surface area contributed by atoms with E-state index in [2.05, 4.69) is 10.1 Å². The van der Waals surface area contributed by atoms with Gasteiger partial charge in [0.1, 0.15) is 13.2 Å². The summed E-state index contributed by atoms with van der Waals surface area (Å²) < 4.78 is 9.23. The van der Waals surface area contributed by atoms with Crippen LogP contribution in [0.2, 0.25) is 0 Å². The molecule has 1 rings (SSSR count). The minimum atomic E-state index is -0.506. The Morgan fingerprint density at radius 2 is 2.06 bits per heavy atom. The average molecular weight is 237 g/mol. The fraction of sp³-hybridized carbons (Fsp3) is 0.333. The van der Waals surface area contributed by atoms with E-state index in [1.54, 1.807) is 6.07 Å². The van der Waals surface area contributed by atoms with Crippen molar-refractivity contribution in [1.82, 2.24) is 0 Å². The van der Waals surface area contributed by atoms with Crippen LogP contribution in [0.3, 0.4) is 0 Å². The Hall–Kier alpha value is -1.88. The molecule has 0 saturated carbocycles. The summed E-state index contributed by atoms with van der Waals surface area (Å²) in [6.45, 7) is 1.53. The maximum Gasteiger partial charge on any atom is 0.331 e. The molecule has 0 radical (unpaired) electrons. The van der Waals surface area contributed by atoms with E-state index in [-0.39, 0.29) is 19.1 Å². The van der Waals surface area contributed by atoms with E-state index in [4.69, 9.17) is 4.74 Å². The molecule has 0 aliphatic rings. The molecule has 0 spiro atoms. The molecule has 1 amide bonds. The van der Waals surface area contributed by atoms with Crippen LogP contribution in [0.25, 0.3) is 0 Å². The number of esters is 1. The van der Waals surface area contributed by atoms with E-state index >= 15 is 0 Å². The van der Waals surface area contributed by atoms with Gasteiger partial charge in [-0.3, -0.25) is 4.79 Å². The SMILES string of the molecule is COC(=O)COCC(=O)Nc1cccc(C)c1. The van der Waals surface area contributed by atoms with E-state index in [1.807, 2.05) is 25.1 Å². The van der Waals surface area contributed by atoms with Crippen LogP contribution in [0.5, 0.6) is 0 Å². The lowest BCUT2D eigenvalue weighted by Gasteiger charge is -2.06. The molecule has 0 fully saturated rings. The first-order valence-electron chi connectivity index (χ1n) is 5.13. The van der Waals surface area contributed by atoms with Crippen LogP contribution in [0, 0.1) is 6.92 Å². The molecular weight excluding hydrogens is 222 g/mol. The highest BCUT2D eigenvalue weighted by Crippen LogP contribution is 2.08. The number of hydrogen-bond acceptors (Lipinski definition) is 4. The first kappa shape index (κ1) is 13.2. The molecule has 5 heteroatoms. The molecule has 0 atom stereocenters. The number of benzene rings is 1. The zero-order chi connectivity index (χ0) is 12.7. The number of rotatable bonds is 5. The van der Waals surface area contributed by atoms with Crippen LogP contribution in [0.15, 0.2) is 24.3 Å². The second-order valence-electron chi connectivity index (χ2n) is 3.49. The van der Waals surface area contributed by atoms with E-state index in [1.165, 1.54) is 7.11 Å². The third-order valence-corrected chi connectivity index (χ3v) is 1.98. The standard InChI is InChI=1S/C12H15NO4/c1-9-4-3-5-10(6-9)13-11(14)7-17-8-12(15)16-2/h3-6H,7-8H2,1-2H3,(H,13,14). The van der Waals surface area contributed by atoms with E-state index in [0.29, 0.717) is 5.69 Å². The summed E-state index contributed by atoms with van der Waals surface area (Å²) in [5, 5.41) is 2.66. The smallest absolute Gasteiger partial charge is 0.331 e. The zero-order valence-corrected chi connectivity index (χ0v) is 9.86. The van der Waals surface area contributed by atoms with Gasteiger partial charge >= 0.3 is 5.97 Å². The Morgan fingerprint density at radius 3 is 2.71 bits per heavy atom. The van der Waals surface area contributed by atoms with Gasteiger partial charge in [0, 0.05) is 5.69 Å². The van der Waals surface area contributed by atoms with Crippen LogP contribution in [0.4, 0.5) is 5.69 Å². The predicted molar refractivity (Wildman–Crippen MR) is 62.6 cm³/mol. The third-order valence-electron chi connectivity index (χ3n) is 1.98. The Labute approximate surface area is 99.7 Å². The Kier molecular flexibility index (Phi) is 5.16. The number of ether oxygens (including phenoxy) is 2. The summed E-state index contributed by atoms with van der Waals surface area (Å²) in [5.41, 5.74) is 1.76. The van der Waals surface area contributed by atoms with Crippen LogP contribution in [-0.4, -0.2) is 32.2 Å². The van der Waals surface area contributed by atoms with Gasteiger partial charge in [-0.25, -0.2) is 4.79 Å².